The van der Waals surface area contributed by atoms with Crippen molar-refractivity contribution in [2.24, 2.45) is 4.99 Å². The number of aliphatic hydroxyl groups excluding tert-OH is 1. The van der Waals surface area contributed by atoms with Gasteiger partial charge in [0.25, 0.3) is 0 Å². The van der Waals surface area contributed by atoms with Gasteiger partial charge in [0.15, 0.2) is 5.96 Å². The third kappa shape index (κ3) is 6.78. The highest BCUT2D eigenvalue weighted by Gasteiger charge is 2.10. The molecule has 2 aromatic carbocycles. The molecule has 0 fully saturated rings. The summed E-state index contributed by atoms with van der Waals surface area (Å²) in [7, 11) is 1.62. The average Bonchev–Trinajstić information content (AvgIpc) is 2.71. The number of hydrogen-bond donors (Lipinski definition) is 3. The van der Waals surface area contributed by atoms with E-state index in [2.05, 4.69) is 15.6 Å². The van der Waals surface area contributed by atoms with E-state index >= 15 is 0 Å². The summed E-state index contributed by atoms with van der Waals surface area (Å²) in [5, 5.41) is 16.8. The summed E-state index contributed by atoms with van der Waals surface area (Å²) in [6.07, 6.45) is -0.710. The molecule has 2 aromatic rings. The fourth-order valence-corrected chi connectivity index (χ4v) is 2.64. The lowest BCUT2D eigenvalue weighted by molar-refractivity contribution is 0.187. The van der Waals surface area contributed by atoms with Crippen LogP contribution < -0.4 is 20.1 Å². The van der Waals surface area contributed by atoms with Gasteiger partial charge in [-0.1, -0.05) is 30.3 Å². The molecule has 0 aromatic heterocycles. The third-order valence-corrected chi connectivity index (χ3v) is 4.25. The van der Waals surface area contributed by atoms with E-state index in [4.69, 9.17) is 9.47 Å². The molecule has 0 heterocycles. The van der Waals surface area contributed by atoms with Crippen molar-refractivity contribution in [1.82, 2.24) is 10.6 Å². The minimum Gasteiger partial charge on any atom is -0.497 e. The van der Waals surface area contributed by atoms with Crippen LogP contribution in [-0.2, 0) is 0 Å². The molecule has 2 atom stereocenters. The summed E-state index contributed by atoms with van der Waals surface area (Å²) >= 11 is 0. The van der Waals surface area contributed by atoms with Crippen LogP contribution in [0.1, 0.15) is 31.1 Å². The molecule has 0 bridgehead atoms. The monoisotopic (exact) mass is 385 g/mol. The maximum Gasteiger partial charge on any atom is 0.191 e. The van der Waals surface area contributed by atoms with E-state index in [1.807, 2.05) is 69.3 Å². The Hall–Kier alpha value is -2.73. The van der Waals surface area contributed by atoms with Crippen molar-refractivity contribution < 1.29 is 14.6 Å². The van der Waals surface area contributed by atoms with E-state index in [0.29, 0.717) is 12.5 Å². The predicted molar refractivity (Wildman–Crippen MR) is 113 cm³/mol. The molecule has 3 N–H and O–H groups in total. The van der Waals surface area contributed by atoms with Gasteiger partial charge in [-0.2, -0.15) is 0 Å². The van der Waals surface area contributed by atoms with Crippen LogP contribution in [0.2, 0.25) is 0 Å². The number of methoxy groups -OCH3 is 1. The number of ether oxygens (including phenoxy) is 2. The molecular formula is C22H31N3O3. The summed E-state index contributed by atoms with van der Waals surface area (Å²) in [6.45, 7) is 7.63. The second-order valence-electron chi connectivity index (χ2n) is 6.58. The number of nitrogens with zero attached hydrogens (tertiary/aromatic N) is 1. The molecule has 28 heavy (non-hydrogen) atoms. The van der Waals surface area contributed by atoms with E-state index in [-0.39, 0.29) is 12.6 Å². The lowest BCUT2D eigenvalue weighted by Gasteiger charge is -2.19. The number of benzene rings is 2. The molecule has 6 heteroatoms. The number of aliphatic hydroxyl groups is 1. The number of nitrogens with one attached hydrogen (secondary N) is 2. The first-order chi connectivity index (χ1) is 13.5. The number of rotatable bonds is 9. The molecule has 0 aliphatic rings. The van der Waals surface area contributed by atoms with E-state index in [1.54, 1.807) is 7.11 Å². The Bertz CT molecular complexity index is 747. The van der Waals surface area contributed by atoms with Crippen LogP contribution in [0.5, 0.6) is 11.5 Å². The molecule has 0 spiro atoms. The Labute approximate surface area is 167 Å². The van der Waals surface area contributed by atoms with E-state index < -0.39 is 6.10 Å². The second-order valence-corrected chi connectivity index (χ2v) is 6.58. The Kier molecular flexibility index (Phi) is 8.62. The first-order valence-corrected chi connectivity index (χ1v) is 9.60. The van der Waals surface area contributed by atoms with Crippen molar-refractivity contribution in [3.8, 4) is 11.5 Å². The largest absolute Gasteiger partial charge is 0.497 e. The van der Waals surface area contributed by atoms with Crippen LogP contribution in [0.15, 0.2) is 53.5 Å². The summed E-state index contributed by atoms with van der Waals surface area (Å²) in [5.74, 6) is 2.29. The Morgan fingerprint density at radius 3 is 2.46 bits per heavy atom. The molecule has 2 unspecified atom stereocenters. The summed E-state index contributed by atoms with van der Waals surface area (Å²) in [5.41, 5.74) is 1.91. The van der Waals surface area contributed by atoms with Crippen molar-refractivity contribution in [3.63, 3.8) is 0 Å². The summed E-state index contributed by atoms with van der Waals surface area (Å²) in [6, 6.07) is 15.3. The van der Waals surface area contributed by atoms with Gasteiger partial charge in [-0.05, 0) is 50.1 Å². The van der Waals surface area contributed by atoms with Gasteiger partial charge >= 0.3 is 0 Å². The highest BCUT2D eigenvalue weighted by molar-refractivity contribution is 5.79. The van der Waals surface area contributed by atoms with Crippen molar-refractivity contribution in [2.75, 3.05) is 26.7 Å². The van der Waals surface area contributed by atoms with Crippen LogP contribution in [0.25, 0.3) is 0 Å². The molecule has 152 valence electrons. The standard InChI is InChI=1S/C22H31N3O3/c1-5-23-22(24-14-17(3)28-21-9-7-6-8-16(21)2)25-15-20(26)18-10-12-19(27-4)13-11-18/h6-13,17,20,26H,5,14-15H2,1-4H3,(H2,23,24,25). The van der Waals surface area contributed by atoms with Crippen LogP contribution in [-0.4, -0.2) is 43.9 Å². The van der Waals surface area contributed by atoms with Crippen molar-refractivity contribution >= 4 is 5.96 Å². The van der Waals surface area contributed by atoms with E-state index in [9.17, 15) is 5.11 Å². The fourth-order valence-electron chi connectivity index (χ4n) is 2.64. The number of aliphatic imine (C=N–C) groups is 1. The number of para-hydroxylation sites is 1. The molecule has 0 radical (unpaired) electrons. The summed E-state index contributed by atoms with van der Waals surface area (Å²) < 4.78 is 11.1. The van der Waals surface area contributed by atoms with E-state index in [1.165, 1.54) is 0 Å². The normalized spacial score (nSPS) is 13.5. The number of aryl methyl sites for hydroxylation is 1. The number of guanidine groups is 1. The van der Waals surface area contributed by atoms with Gasteiger partial charge in [0.05, 0.1) is 26.3 Å². The van der Waals surface area contributed by atoms with Crippen LogP contribution >= 0.6 is 0 Å². The second kappa shape index (κ2) is 11.2. The molecule has 6 nitrogen and oxygen atoms in total. The van der Waals surface area contributed by atoms with Gasteiger partial charge in [-0.25, -0.2) is 0 Å². The summed E-state index contributed by atoms with van der Waals surface area (Å²) in [4.78, 5) is 4.49. The van der Waals surface area contributed by atoms with Crippen molar-refractivity contribution in [2.45, 2.75) is 33.0 Å². The fraction of sp³-hybridized carbons (Fsp3) is 0.409. The minimum atomic E-state index is -0.679. The lowest BCUT2D eigenvalue weighted by Crippen LogP contribution is -2.42. The van der Waals surface area contributed by atoms with Crippen LogP contribution in [0, 0.1) is 6.92 Å². The zero-order chi connectivity index (χ0) is 20.4. The first-order valence-electron chi connectivity index (χ1n) is 9.60. The third-order valence-electron chi connectivity index (χ3n) is 4.25. The van der Waals surface area contributed by atoms with Gasteiger partial charge < -0.3 is 25.2 Å². The molecule has 0 aliphatic carbocycles. The molecule has 0 aliphatic heterocycles. The van der Waals surface area contributed by atoms with Gasteiger partial charge in [0.2, 0.25) is 0 Å². The quantitative estimate of drug-likeness (QED) is 0.457. The molecule has 2 rings (SSSR count). The zero-order valence-corrected chi connectivity index (χ0v) is 17.1. The highest BCUT2D eigenvalue weighted by Crippen LogP contribution is 2.18. The zero-order valence-electron chi connectivity index (χ0n) is 17.1. The van der Waals surface area contributed by atoms with Gasteiger partial charge in [-0.15, -0.1) is 0 Å². The SMILES string of the molecule is CCNC(=NCC(O)c1ccc(OC)cc1)NCC(C)Oc1ccccc1C. The topological polar surface area (TPSA) is 75.1 Å². The minimum absolute atomic E-state index is 0.0310. The first kappa shape index (κ1) is 21.6. The predicted octanol–water partition coefficient (Wildman–Crippen LogP) is 3.06. The van der Waals surface area contributed by atoms with Gasteiger partial charge in [-0.3, -0.25) is 4.99 Å². The average molecular weight is 386 g/mol. The van der Waals surface area contributed by atoms with Gasteiger partial charge in [0, 0.05) is 6.54 Å². The molecule has 0 saturated heterocycles. The van der Waals surface area contributed by atoms with Crippen molar-refractivity contribution in [3.05, 3.63) is 59.7 Å². The van der Waals surface area contributed by atoms with Crippen LogP contribution in [0.3, 0.4) is 0 Å². The maximum atomic E-state index is 10.4. The van der Waals surface area contributed by atoms with Gasteiger partial charge in [0.1, 0.15) is 17.6 Å². The Balaban J connectivity index is 1.89. The Morgan fingerprint density at radius 2 is 1.82 bits per heavy atom. The smallest absolute Gasteiger partial charge is 0.191 e. The Morgan fingerprint density at radius 1 is 1.11 bits per heavy atom. The molecular weight excluding hydrogens is 354 g/mol. The lowest BCUT2D eigenvalue weighted by atomic mass is 10.1. The van der Waals surface area contributed by atoms with E-state index in [0.717, 1.165) is 29.2 Å². The number of hydrogen-bond acceptors (Lipinski definition) is 4. The molecule has 0 saturated carbocycles. The molecule has 0 amide bonds. The maximum absolute atomic E-state index is 10.4. The highest BCUT2D eigenvalue weighted by atomic mass is 16.5. The van der Waals surface area contributed by atoms with Crippen molar-refractivity contribution in [1.29, 1.82) is 0 Å². The van der Waals surface area contributed by atoms with Crippen LogP contribution in [0.4, 0.5) is 0 Å².